The van der Waals surface area contributed by atoms with E-state index in [2.05, 4.69) is 4.74 Å². The number of fused-ring (bicyclic) bond motifs is 1. The molecule has 0 amide bonds. The largest absolute Gasteiger partial charge is 0.465 e. The summed E-state index contributed by atoms with van der Waals surface area (Å²) in [5, 5.41) is 9.06. The zero-order valence-corrected chi connectivity index (χ0v) is 11.3. The molecule has 0 aliphatic carbocycles. The minimum Gasteiger partial charge on any atom is -0.465 e. The number of hydrogen-bond acceptors (Lipinski definition) is 6. The van der Waals surface area contributed by atoms with Gasteiger partial charge in [0.15, 0.2) is 0 Å². The Morgan fingerprint density at radius 3 is 2.79 bits per heavy atom. The lowest BCUT2D eigenvalue weighted by Gasteiger charge is -2.32. The van der Waals surface area contributed by atoms with E-state index < -0.39 is 22.0 Å². The van der Waals surface area contributed by atoms with Gasteiger partial charge in [-0.2, -0.15) is 5.48 Å². The van der Waals surface area contributed by atoms with Gasteiger partial charge in [0.05, 0.1) is 30.2 Å². The number of anilines is 1. The van der Waals surface area contributed by atoms with Crippen molar-refractivity contribution in [1.29, 1.82) is 0 Å². The van der Waals surface area contributed by atoms with Crippen molar-refractivity contribution in [2.75, 3.05) is 24.2 Å². The molecule has 104 valence electrons. The summed E-state index contributed by atoms with van der Waals surface area (Å²) < 4.78 is 29.5. The lowest BCUT2D eigenvalue weighted by Crippen LogP contribution is -2.40. The van der Waals surface area contributed by atoms with Crippen molar-refractivity contribution in [3.8, 4) is 0 Å². The van der Waals surface area contributed by atoms with Gasteiger partial charge in [0.2, 0.25) is 10.0 Å². The summed E-state index contributed by atoms with van der Waals surface area (Å²) in [5.74, 6) is -0.794. The number of methoxy groups -OCH3 is 1. The number of hydrogen-bond donors (Lipinski definition) is 2. The number of hydroxylamine groups is 1. The average Bonchev–Trinajstić information content (AvgIpc) is 2.41. The van der Waals surface area contributed by atoms with E-state index in [1.54, 1.807) is 6.07 Å². The number of esters is 1. The molecule has 1 unspecified atom stereocenters. The van der Waals surface area contributed by atoms with Crippen LogP contribution in [0.15, 0.2) is 18.2 Å². The summed E-state index contributed by atoms with van der Waals surface area (Å²) in [6, 6.07) is 3.84. The molecule has 0 bridgehead atoms. The maximum Gasteiger partial charge on any atom is 0.337 e. The Hall–Kier alpha value is -1.64. The summed E-state index contributed by atoms with van der Waals surface area (Å²) in [4.78, 5) is 11.5. The van der Waals surface area contributed by atoms with Crippen molar-refractivity contribution in [1.82, 2.24) is 5.48 Å². The maximum absolute atomic E-state index is 11.9. The van der Waals surface area contributed by atoms with Crippen LogP contribution in [0.4, 0.5) is 5.69 Å². The Bertz CT molecular complexity index is 614. The average molecular weight is 286 g/mol. The summed E-state index contributed by atoms with van der Waals surface area (Å²) in [6.45, 7) is 0. The molecular formula is C11H14N2O5S. The third-order valence-electron chi connectivity index (χ3n) is 3.12. The Morgan fingerprint density at radius 2 is 2.21 bits per heavy atom. The number of carbonyl (C=O) groups is 1. The highest BCUT2D eigenvalue weighted by Gasteiger charge is 2.34. The van der Waals surface area contributed by atoms with E-state index in [0.717, 1.165) is 4.31 Å². The Labute approximate surface area is 110 Å². The second-order valence-electron chi connectivity index (χ2n) is 4.19. The van der Waals surface area contributed by atoms with Crippen LogP contribution in [0.5, 0.6) is 0 Å². The number of nitrogens with zero attached hydrogens (tertiary/aromatic N) is 1. The van der Waals surface area contributed by atoms with Gasteiger partial charge in [0.1, 0.15) is 0 Å². The van der Waals surface area contributed by atoms with E-state index in [9.17, 15) is 13.2 Å². The predicted molar refractivity (Wildman–Crippen MR) is 67.6 cm³/mol. The number of carbonyl (C=O) groups excluding carboxylic acids is 1. The monoisotopic (exact) mass is 286 g/mol. The molecule has 1 aliphatic heterocycles. The fourth-order valence-electron chi connectivity index (χ4n) is 2.02. The summed E-state index contributed by atoms with van der Waals surface area (Å²) >= 11 is 0. The van der Waals surface area contributed by atoms with Gasteiger partial charge < -0.3 is 9.94 Å². The molecule has 1 aromatic rings. The topological polar surface area (TPSA) is 95.9 Å². The van der Waals surface area contributed by atoms with Crippen LogP contribution in [0.25, 0.3) is 0 Å². The van der Waals surface area contributed by atoms with Crippen LogP contribution >= 0.6 is 0 Å². The molecule has 8 heteroatoms. The van der Waals surface area contributed by atoms with Crippen molar-refractivity contribution in [3.63, 3.8) is 0 Å². The smallest absolute Gasteiger partial charge is 0.337 e. The molecule has 7 nitrogen and oxygen atoms in total. The van der Waals surface area contributed by atoms with Crippen LogP contribution in [0.1, 0.15) is 22.0 Å². The van der Waals surface area contributed by atoms with E-state index in [1.807, 2.05) is 5.48 Å². The van der Waals surface area contributed by atoms with Gasteiger partial charge in [0, 0.05) is 7.05 Å². The first-order chi connectivity index (χ1) is 8.90. The molecule has 0 aromatic heterocycles. The first-order valence-corrected chi connectivity index (χ1v) is 7.10. The van der Waals surface area contributed by atoms with E-state index in [4.69, 9.17) is 5.21 Å². The third-order valence-corrected chi connectivity index (χ3v) is 4.90. The second kappa shape index (κ2) is 4.80. The van der Waals surface area contributed by atoms with Crippen LogP contribution in [0, 0.1) is 0 Å². The van der Waals surface area contributed by atoms with Gasteiger partial charge in [-0.3, -0.25) is 4.31 Å². The summed E-state index contributed by atoms with van der Waals surface area (Å²) in [6.07, 6.45) is 0. The Kier molecular flexibility index (Phi) is 3.48. The Balaban J connectivity index is 2.58. The minimum atomic E-state index is -3.53. The van der Waals surface area contributed by atoms with Crippen LogP contribution in [-0.2, 0) is 14.8 Å². The van der Waals surface area contributed by atoms with Crippen molar-refractivity contribution in [2.24, 2.45) is 0 Å². The van der Waals surface area contributed by atoms with E-state index in [1.165, 1.54) is 26.3 Å². The number of sulfonamides is 1. The first-order valence-electron chi connectivity index (χ1n) is 5.49. The highest BCUT2D eigenvalue weighted by Crippen LogP contribution is 2.34. The molecule has 1 heterocycles. The van der Waals surface area contributed by atoms with Crippen molar-refractivity contribution in [3.05, 3.63) is 29.3 Å². The van der Waals surface area contributed by atoms with Crippen LogP contribution < -0.4 is 9.79 Å². The predicted octanol–water partition coefficient (Wildman–Crippen LogP) is 0.273. The highest BCUT2D eigenvalue weighted by molar-refractivity contribution is 7.92. The Morgan fingerprint density at radius 1 is 1.53 bits per heavy atom. The zero-order valence-electron chi connectivity index (χ0n) is 10.5. The zero-order chi connectivity index (χ0) is 14.2. The third kappa shape index (κ3) is 2.29. The first kappa shape index (κ1) is 13.8. The van der Waals surface area contributed by atoms with E-state index >= 15 is 0 Å². The molecule has 0 saturated carbocycles. The van der Waals surface area contributed by atoms with Crippen LogP contribution in [0.3, 0.4) is 0 Å². The van der Waals surface area contributed by atoms with Crippen LogP contribution in [-0.4, -0.2) is 39.5 Å². The SMILES string of the molecule is COC(=O)c1ccc2c(c1)N(C)S(=O)(=O)CC2NO. The molecule has 1 atom stereocenters. The molecule has 2 rings (SSSR count). The summed E-state index contributed by atoms with van der Waals surface area (Å²) in [5.41, 5.74) is 3.18. The molecule has 1 aromatic carbocycles. The molecule has 1 aliphatic rings. The van der Waals surface area contributed by atoms with Gasteiger partial charge in [-0.25, -0.2) is 13.2 Å². The minimum absolute atomic E-state index is 0.245. The molecule has 19 heavy (non-hydrogen) atoms. The number of rotatable bonds is 2. The van der Waals surface area contributed by atoms with Crippen molar-refractivity contribution >= 4 is 21.7 Å². The molecule has 0 fully saturated rings. The lowest BCUT2D eigenvalue weighted by atomic mass is 10.0. The standard InChI is InChI=1S/C11H14N2O5S/c1-13-10-5-7(11(14)18-2)3-4-8(10)9(12-15)6-19(13,16)17/h3-5,9,12,15H,6H2,1-2H3. The molecule has 2 N–H and O–H groups in total. The number of ether oxygens (including phenoxy) is 1. The quantitative estimate of drug-likeness (QED) is 0.598. The second-order valence-corrected chi connectivity index (χ2v) is 6.24. The molecule has 0 spiro atoms. The molecule has 0 radical (unpaired) electrons. The summed E-state index contributed by atoms with van der Waals surface area (Å²) in [7, 11) is -0.871. The highest BCUT2D eigenvalue weighted by atomic mass is 32.2. The molecular weight excluding hydrogens is 272 g/mol. The van der Waals surface area contributed by atoms with Crippen LogP contribution in [0.2, 0.25) is 0 Å². The molecule has 0 saturated heterocycles. The maximum atomic E-state index is 11.9. The van der Waals surface area contributed by atoms with Gasteiger partial charge in [-0.05, 0) is 17.7 Å². The fraction of sp³-hybridized carbons (Fsp3) is 0.364. The van der Waals surface area contributed by atoms with Gasteiger partial charge >= 0.3 is 5.97 Å². The fourth-order valence-corrected chi connectivity index (χ4v) is 3.38. The number of nitrogens with one attached hydrogen (secondary N) is 1. The van der Waals surface area contributed by atoms with E-state index in [0.29, 0.717) is 11.3 Å². The van der Waals surface area contributed by atoms with Gasteiger partial charge in [0.25, 0.3) is 0 Å². The van der Waals surface area contributed by atoms with Crippen molar-refractivity contribution < 1.29 is 23.2 Å². The van der Waals surface area contributed by atoms with Gasteiger partial charge in [-0.1, -0.05) is 6.07 Å². The normalized spacial score (nSPS) is 20.8. The number of benzene rings is 1. The van der Waals surface area contributed by atoms with Gasteiger partial charge in [-0.15, -0.1) is 0 Å². The lowest BCUT2D eigenvalue weighted by molar-refractivity contribution is 0.0600. The van der Waals surface area contributed by atoms with Crippen molar-refractivity contribution in [2.45, 2.75) is 6.04 Å². The van der Waals surface area contributed by atoms with E-state index in [-0.39, 0.29) is 11.3 Å².